The number of rotatable bonds is 22. The zero-order valence-corrected chi connectivity index (χ0v) is 20.3. The molecule has 0 aromatic carbocycles. The maximum Gasteiger partial charge on any atom is 0.168 e. The van der Waals surface area contributed by atoms with Crippen LogP contribution in [0.4, 0.5) is 0 Å². The average molecular weight is 399 g/mol. The predicted molar refractivity (Wildman–Crippen MR) is 125 cm³/mol. The van der Waals surface area contributed by atoms with Gasteiger partial charge in [0.2, 0.25) is 0 Å². The van der Waals surface area contributed by atoms with E-state index in [4.69, 9.17) is 9.47 Å². The topological polar surface area (TPSA) is 18.5 Å². The first-order valence-electron chi connectivity index (χ1n) is 12.9. The Labute approximate surface area is 178 Å². The van der Waals surface area contributed by atoms with E-state index in [0.29, 0.717) is 5.92 Å². The smallest absolute Gasteiger partial charge is 0.168 e. The second-order valence-corrected chi connectivity index (χ2v) is 8.75. The van der Waals surface area contributed by atoms with Crippen LogP contribution in [0.5, 0.6) is 0 Å². The first-order chi connectivity index (χ1) is 13.6. The summed E-state index contributed by atoms with van der Waals surface area (Å²) in [5.41, 5.74) is 0. The molecule has 0 saturated carbocycles. The predicted octanol–water partition coefficient (Wildman–Crippen LogP) is 9.06. The lowest BCUT2D eigenvalue weighted by atomic mass is 9.87. The van der Waals surface area contributed by atoms with E-state index in [1.807, 2.05) is 0 Å². The van der Waals surface area contributed by atoms with Crippen LogP contribution in [-0.4, -0.2) is 19.0 Å². The van der Waals surface area contributed by atoms with Gasteiger partial charge in [-0.05, 0) is 33.6 Å². The highest BCUT2D eigenvalue weighted by Crippen LogP contribution is 2.33. The van der Waals surface area contributed by atoms with Crippen molar-refractivity contribution in [1.82, 2.24) is 0 Å². The van der Waals surface area contributed by atoms with Gasteiger partial charge in [0.25, 0.3) is 0 Å². The van der Waals surface area contributed by atoms with Crippen molar-refractivity contribution in [3.8, 4) is 0 Å². The lowest BCUT2D eigenvalue weighted by molar-refractivity contribution is -0.254. The molecule has 0 rings (SSSR count). The molecular weight excluding hydrogens is 344 g/mol. The second kappa shape index (κ2) is 20.2. The zero-order chi connectivity index (χ0) is 20.9. The van der Waals surface area contributed by atoms with E-state index in [0.717, 1.165) is 13.2 Å². The lowest BCUT2D eigenvalue weighted by Gasteiger charge is -2.37. The van der Waals surface area contributed by atoms with Crippen molar-refractivity contribution in [2.75, 3.05) is 13.2 Å². The summed E-state index contributed by atoms with van der Waals surface area (Å²) >= 11 is 0. The minimum Gasteiger partial charge on any atom is -0.350 e. The van der Waals surface area contributed by atoms with Crippen LogP contribution in [0, 0.1) is 5.92 Å². The third kappa shape index (κ3) is 14.9. The molecule has 0 aromatic heterocycles. The minimum absolute atomic E-state index is 0.396. The summed E-state index contributed by atoms with van der Waals surface area (Å²) in [4.78, 5) is 0. The summed E-state index contributed by atoms with van der Waals surface area (Å²) in [6, 6.07) is 0. The van der Waals surface area contributed by atoms with Crippen LogP contribution >= 0.6 is 0 Å². The zero-order valence-electron chi connectivity index (χ0n) is 20.3. The Morgan fingerprint density at radius 2 is 0.821 bits per heavy atom. The van der Waals surface area contributed by atoms with Crippen molar-refractivity contribution in [3.05, 3.63) is 0 Å². The Morgan fingerprint density at radius 1 is 0.500 bits per heavy atom. The normalized spacial score (nSPS) is 13.2. The molecule has 0 saturated heterocycles. The van der Waals surface area contributed by atoms with Gasteiger partial charge in [-0.25, -0.2) is 0 Å². The molecule has 0 aliphatic carbocycles. The summed E-state index contributed by atoms with van der Waals surface area (Å²) in [7, 11) is 0. The van der Waals surface area contributed by atoms with Gasteiger partial charge in [0.1, 0.15) is 0 Å². The fourth-order valence-corrected chi connectivity index (χ4v) is 4.39. The molecular formula is C26H54O2. The highest BCUT2D eigenvalue weighted by molar-refractivity contribution is 4.76. The van der Waals surface area contributed by atoms with E-state index >= 15 is 0 Å². The van der Waals surface area contributed by atoms with E-state index < -0.39 is 5.79 Å². The molecule has 0 heterocycles. The van der Waals surface area contributed by atoms with E-state index in [1.165, 1.54) is 109 Å². The fourth-order valence-electron chi connectivity index (χ4n) is 4.39. The quantitative estimate of drug-likeness (QED) is 0.134. The number of ether oxygens (including phenoxy) is 2. The van der Waals surface area contributed by atoms with Gasteiger partial charge in [-0.15, -0.1) is 0 Å². The Morgan fingerprint density at radius 3 is 1.14 bits per heavy atom. The molecule has 0 spiro atoms. The molecule has 0 bridgehead atoms. The molecule has 28 heavy (non-hydrogen) atoms. The van der Waals surface area contributed by atoms with Crippen LogP contribution in [-0.2, 0) is 9.47 Å². The van der Waals surface area contributed by atoms with E-state index in [1.54, 1.807) is 0 Å². The second-order valence-electron chi connectivity index (χ2n) is 8.75. The standard InChI is InChI=1S/C26H54O2/c1-6-10-12-14-16-17-18-20-22-24-25(23-21-19-15-13-11-7-2)26(5,27-8-3)28-9-4/h25H,6-24H2,1-5H3. The van der Waals surface area contributed by atoms with Crippen molar-refractivity contribution < 1.29 is 9.47 Å². The minimum atomic E-state index is -0.396. The molecule has 1 atom stereocenters. The summed E-state index contributed by atoms with van der Waals surface area (Å²) in [5, 5.41) is 0. The molecule has 0 aliphatic heterocycles. The van der Waals surface area contributed by atoms with E-state index in [9.17, 15) is 0 Å². The number of hydrogen-bond acceptors (Lipinski definition) is 2. The molecule has 170 valence electrons. The Balaban J connectivity index is 4.24. The van der Waals surface area contributed by atoms with Crippen LogP contribution in [0.25, 0.3) is 0 Å². The molecule has 0 amide bonds. The Hall–Kier alpha value is -0.0800. The molecule has 0 aliphatic rings. The number of unbranched alkanes of at least 4 members (excludes halogenated alkanes) is 13. The van der Waals surface area contributed by atoms with Gasteiger partial charge in [0.05, 0.1) is 0 Å². The van der Waals surface area contributed by atoms with Gasteiger partial charge >= 0.3 is 0 Å². The molecule has 2 nitrogen and oxygen atoms in total. The van der Waals surface area contributed by atoms with Crippen LogP contribution in [0.15, 0.2) is 0 Å². The van der Waals surface area contributed by atoms with Crippen LogP contribution in [0.1, 0.15) is 144 Å². The third-order valence-corrected chi connectivity index (χ3v) is 6.17. The van der Waals surface area contributed by atoms with Crippen LogP contribution in [0.2, 0.25) is 0 Å². The molecule has 0 aromatic rings. The van der Waals surface area contributed by atoms with Gasteiger partial charge < -0.3 is 9.47 Å². The third-order valence-electron chi connectivity index (χ3n) is 6.17. The van der Waals surface area contributed by atoms with Crippen molar-refractivity contribution in [2.24, 2.45) is 5.92 Å². The van der Waals surface area contributed by atoms with Crippen molar-refractivity contribution in [3.63, 3.8) is 0 Å². The van der Waals surface area contributed by atoms with E-state index in [2.05, 4.69) is 34.6 Å². The monoisotopic (exact) mass is 398 g/mol. The van der Waals surface area contributed by atoms with Gasteiger partial charge in [-0.1, -0.05) is 110 Å². The first kappa shape index (κ1) is 27.9. The first-order valence-corrected chi connectivity index (χ1v) is 12.9. The largest absolute Gasteiger partial charge is 0.350 e. The van der Waals surface area contributed by atoms with Crippen molar-refractivity contribution in [2.45, 2.75) is 150 Å². The molecule has 2 heteroatoms. The van der Waals surface area contributed by atoms with Crippen LogP contribution < -0.4 is 0 Å². The summed E-state index contributed by atoms with van der Waals surface area (Å²) < 4.78 is 12.3. The van der Waals surface area contributed by atoms with Gasteiger partial charge in [0, 0.05) is 19.1 Å². The van der Waals surface area contributed by atoms with Gasteiger partial charge in [-0.3, -0.25) is 0 Å². The SMILES string of the molecule is CCCCCCCCCCCC(CCCCCCCC)C(C)(OCC)OCC. The van der Waals surface area contributed by atoms with E-state index in [-0.39, 0.29) is 0 Å². The van der Waals surface area contributed by atoms with Crippen molar-refractivity contribution in [1.29, 1.82) is 0 Å². The summed E-state index contributed by atoms with van der Waals surface area (Å²) in [6.07, 6.45) is 23.2. The Kier molecular flexibility index (Phi) is 20.1. The highest BCUT2D eigenvalue weighted by atomic mass is 16.7. The maximum atomic E-state index is 6.14. The molecule has 0 N–H and O–H groups in total. The Bertz CT molecular complexity index is 297. The van der Waals surface area contributed by atoms with Crippen LogP contribution in [0.3, 0.4) is 0 Å². The van der Waals surface area contributed by atoms with Crippen molar-refractivity contribution >= 4 is 0 Å². The fraction of sp³-hybridized carbons (Fsp3) is 1.00. The summed E-state index contributed by atoms with van der Waals surface area (Å²) in [5.74, 6) is 0.135. The highest BCUT2D eigenvalue weighted by Gasteiger charge is 2.34. The molecule has 0 radical (unpaired) electrons. The van der Waals surface area contributed by atoms with Gasteiger partial charge in [0.15, 0.2) is 5.79 Å². The maximum absolute atomic E-state index is 6.14. The molecule has 0 fully saturated rings. The average Bonchev–Trinajstić information content (AvgIpc) is 2.68. The van der Waals surface area contributed by atoms with Gasteiger partial charge in [-0.2, -0.15) is 0 Å². The number of hydrogen-bond donors (Lipinski definition) is 0. The summed E-state index contributed by atoms with van der Waals surface area (Å²) in [6.45, 7) is 12.4. The lowest BCUT2D eigenvalue weighted by Crippen LogP contribution is -2.41. The molecule has 1 unspecified atom stereocenters.